The average Bonchev–Trinajstić information content (AvgIpc) is 2.48. The van der Waals surface area contributed by atoms with Crippen LogP contribution >= 0.6 is 11.6 Å². The van der Waals surface area contributed by atoms with E-state index >= 15 is 0 Å². The summed E-state index contributed by atoms with van der Waals surface area (Å²) < 4.78 is 1.56. The fourth-order valence-corrected chi connectivity index (χ4v) is 1.15. The Hall–Kier alpha value is -1.60. The monoisotopic (exact) mass is 178 g/mol. The molecular formula is C7H3ClN4. The Morgan fingerprint density at radius 1 is 1.50 bits per heavy atom. The van der Waals surface area contributed by atoms with E-state index in [9.17, 15) is 0 Å². The van der Waals surface area contributed by atoms with Gasteiger partial charge in [0.25, 0.3) is 0 Å². The van der Waals surface area contributed by atoms with Gasteiger partial charge in [-0.05, 0) is 23.7 Å². The van der Waals surface area contributed by atoms with Crippen LogP contribution in [0.5, 0.6) is 0 Å². The summed E-state index contributed by atoms with van der Waals surface area (Å²) in [6, 6.07) is 5.39. The SMILES string of the molecule is N#Cc1cccn2c(Cl)nnc12. The quantitative estimate of drug-likeness (QED) is 0.610. The average molecular weight is 179 g/mol. The number of rotatable bonds is 0. The molecule has 4 nitrogen and oxygen atoms in total. The summed E-state index contributed by atoms with van der Waals surface area (Å²) in [5.74, 6) is 0. The Balaban J connectivity index is 2.92. The van der Waals surface area contributed by atoms with Crippen LogP contribution in [0.4, 0.5) is 0 Å². The summed E-state index contributed by atoms with van der Waals surface area (Å²) in [4.78, 5) is 0. The van der Waals surface area contributed by atoms with Crippen molar-refractivity contribution in [2.24, 2.45) is 0 Å². The van der Waals surface area contributed by atoms with E-state index in [0.717, 1.165) is 0 Å². The molecular weight excluding hydrogens is 176 g/mol. The van der Waals surface area contributed by atoms with Crippen molar-refractivity contribution in [3.63, 3.8) is 0 Å². The largest absolute Gasteiger partial charge is 0.272 e. The number of fused-ring (bicyclic) bond motifs is 1. The normalized spacial score (nSPS) is 10.0. The van der Waals surface area contributed by atoms with Gasteiger partial charge in [0.05, 0.1) is 5.56 Å². The predicted octanol–water partition coefficient (Wildman–Crippen LogP) is 1.25. The molecule has 0 fully saturated rings. The summed E-state index contributed by atoms with van der Waals surface area (Å²) in [5, 5.41) is 16.3. The number of aromatic nitrogens is 3. The molecule has 0 unspecified atom stereocenters. The van der Waals surface area contributed by atoms with E-state index in [0.29, 0.717) is 11.2 Å². The smallest absolute Gasteiger partial charge is 0.229 e. The van der Waals surface area contributed by atoms with Crippen LogP contribution in [0.3, 0.4) is 0 Å². The molecule has 12 heavy (non-hydrogen) atoms. The first kappa shape index (κ1) is 7.07. The topological polar surface area (TPSA) is 54.0 Å². The van der Waals surface area contributed by atoms with E-state index in [2.05, 4.69) is 10.2 Å². The minimum absolute atomic E-state index is 0.266. The van der Waals surface area contributed by atoms with Crippen LogP contribution in [-0.4, -0.2) is 14.6 Å². The molecule has 2 rings (SSSR count). The molecule has 0 spiro atoms. The Bertz CT molecular complexity index is 468. The summed E-state index contributed by atoms with van der Waals surface area (Å²) in [6.07, 6.45) is 1.71. The van der Waals surface area contributed by atoms with Crippen molar-refractivity contribution in [1.82, 2.24) is 14.6 Å². The fourth-order valence-electron chi connectivity index (χ4n) is 0.975. The number of nitrogens with zero attached hydrogens (tertiary/aromatic N) is 4. The highest BCUT2D eigenvalue weighted by atomic mass is 35.5. The van der Waals surface area contributed by atoms with Crippen LogP contribution in [0.1, 0.15) is 5.56 Å². The standard InChI is InChI=1S/C7H3ClN4/c8-7-11-10-6-5(4-9)2-1-3-12(6)7/h1-3H. The maximum absolute atomic E-state index is 8.67. The van der Waals surface area contributed by atoms with Crippen LogP contribution in [-0.2, 0) is 0 Å². The van der Waals surface area contributed by atoms with Crippen molar-refractivity contribution in [2.45, 2.75) is 0 Å². The van der Waals surface area contributed by atoms with Gasteiger partial charge in [-0.2, -0.15) is 5.26 Å². The van der Waals surface area contributed by atoms with Gasteiger partial charge in [-0.25, -0.2) is 0 Å². The molecule has 0 aliphatic rings. The summed E-state index contributed by atoms with van der Waals surface area (Å²) in [6.45, 7) is 0. The van der Waals surface area contributed by atoms with Gasteiger partial charge in [0.2, 0.25) is 5.28 Å². The molecule has 0 saturated heterocycles. The lowest BCUT2D eigenvalue weighted by molar-refractivity contribution is 1.10. The van der Waals surface area contributed by atoms with Gasteiger partial charge in [0, 0.05) is 6.20 Å². The molecule has 0 atom stereocenters. The van der Waals surface area contributed by atoms with E-state index in [4.69, 9.17) is 16.9 Å². The van der Waals surface area contributed by atoms with Crippen molar-refractivity contribution >= 4 is 17.2 Å². The zero-order chi connectivity index (χ0) is 8.55. The molecule has 2 aromatic rings. The Morgan fingerprint density at radius 3 is 3.08 bits per heavy atom. The second-order valence-electron chi connectivity index (χ2n) is 2.20. The first-order valence-electron chi connectivity index (χ1n) is 3.22. The molecule has 58 valence electrons. The molecule has 0 amide bonds. The van der Waals surface area contributed by atoms with Crippen LogP contribution in [0.15, 0.2) is 18.3 Å². The molecule has 0 N–H and O–H groups in total. The molecule has 2 aromatic heterocycles. The van der Waals surface area contributed by atoms with Crippen LogP contribution < -0.4 is 0 Å². The number of halogens is 1. The molecule has 0 bridgehead atoms. The molecule has 5 heteroatoms. The van der Waals surface area contributed by atoms with Gasteiger partial charge in [-0.15, -0.1) is 10.2 Å². The zero-order valence-electron chi connectivity index (χ0n) is 5.90. The fraction of sp³-hybridized carbons (Fsp3) is 0. The second-order valence-corrected chi connectivity index (χ2v) is 2.53. The number of nitriles is 1. The maximum atomic E-state index is 8.67. The molecule has 0 aromatic carbocycles. The summed E-state index contributed by atoms with van der Waals surface area (Å²) in [7, 11) is 0. The number of pyridine rings is 1. The van der Waals surface area contributed by atoms with Crippen LogP contribution in [0, 0.1) is 11.3 Å². The Morgan fingerprint density at radius 2 is 2.33 bits per heavy atom. The second kappa shape index (κ2) is 2.47. The van der Waals surface area contributed by atoms with E-state index in [1.54, 1.807) is 22.7 Å². The lowest BCUT2D eigenvalue weighted by atomic mass is 10.3. The highest BCUT2D eigenvalue weighted by Crippen LogP contribution is 2.11. The van der Waals surface area contributed by atoms with Gasteiger partial charge in [0.15, 0.2) is 5.65 Å². The Kier molecular flexibility index (Phi) is 1.45. The predicted molar refractivity (Wildman–Crippen MR) is 42.7 cm³/mol. The van der Waals surface area contributed by atoms with E-state index in [1.165, 1.54) is 0 Å². The maximum Gasteiger partial charge on any atom is 0.229 e. The van der Waals surface area contributed by atoms with Crippen molar-refractivity contribution in [3.05, 3.63) is 29.2 Å². The van der Waals surface area contributed by atoms with Crippen molar-refractivity contribution in [1.29, 1.82) is 5.26 Å². The van der Waals surface area contributed by atoms with Gasteiger partial charge in [0.1, 0.15) is 6.07 Å². The van der Waals surface area contributed by atoms with E-state index in [-0.39, 0.29) is 5.28 Å². The number of hydrogen-bond acceptors (Lipinski definition) is 3. The highest BCUT2D eigenvalue weighted by molar-refractivity contribution is 6.28. The highest BCUT2D eigenvalue weighted by Gasteiger charge is 2.05. The minimum Gasteiger partial charge on any atom is -0.272 e. The third-order valence-corrected chi connectivity index (χ3v) is 1.77. The van der Waals surface area contributed by atoms with Crippen LogP contribution in [0.2, 0.25) is 5.28 Å². The Labute approximate surface area is 73.0 Å². The third kappa shape index (κ3) is 0.840. The molecule has 2 heterocycles. The number of hydrogen-bond donors (Lipinski definition) is 0. The summed E-state index contributed by atoms with van der Waals surface area (Å²) >= 11 is 5.68. The molecule has 0 saturated carbocycles. The lowest BCUT2D eigenvalue weighted by Crippen LogP contribution is -1.86. The van der Waals surface area contributed by atoms with Crippen LogP contribution in [0.25, 0.3) is 5.65 Å². The molecule has 0 aliphatic carbocycles. The molecule has 0 aliphatic heterocycles. The zero-order valence-corrected chi connectivity index (χ0v) is 6.65. The van der Waals surface area contributed by atoms with E-state index < -0.39 is 0 Å². The van der Waals surface area contributed by atoms with Gasteiger partial charge in [-0.1, -0.05) is 0 Å². The first-order valence-corrected chi connectivity index (χ1v) is 3.60. The third-order valence-electron chi connectivity index (χ3n) is 1.51. The van der Waals surface area contributed by atoms with Crippen molar-refractivity contribution in [2.75, 3.05) is 0 Å². The lowest BCUT2D eigenvalue weighted by Gasteiger charge is -1.92. The summed E-state index contributed by atoms with van der Waals surface area (Å²) in [5.41, 5.74) is 0.960. The van der Waals surface area contributed by atoms with Gasteiger partial charge >= 0.3 is 0 Å². The van der Waals surface area contributed by atoms with E-state index in [1.807, 2.05) is 6.07 Å². The van der Waals surface area contributed by atoms with Gasteiger partial charge < -0.3 is 0 Å². The van der Waals surface area contributed by atoms with Crippen molar-refractivity contribution < 1.29 is 0 Å². The molecule has 0 radical (unpaired) electrons. The first-order chi connectivity index (χ1) is 5.83. The minimum atomic E-state index is 0.266. The van der Waals surface area contributed by atoms with Gasteiger partial charge in [-0.3, -0.25) is 4.40 Å². The van der Waals surface area contributed by atoms with Crippen molar-refractivity contribution in [3.8, 4) is 6.07 Å².